The number of hydrogen-bond donors (Lipinski definition) is 1. The Balaban J connectivity index is 1.45. The molecule has 1 fully saturated rings. The predicted octanol–water partition coefficient (Wildman–Crippen LogP) is 4.88. The van der Waals surface area contributed by atoms with Gasteiger partial charge in [0.25, 0.3) is 0 Å². The first kappa shape index (κ1) is 24.4. The third-order valence-corrected chi connectivity index (χ3v) is 8.38. The highest BCUT2D eigenvalue weighted by atomic mass is 32.2. The van der Waals surface area contributed by atoms with Crippen molar-refractivity contribution in [2.45, 2.75) is 24.4 Å². The van der Waals surface area contributed by atoms with E-state index in [9.17, 15) is 9.59 Å². The van der Waals surface area contributed by atoms with Crippen molar-refractivity contribution in [3.05, 3.63) is 117 Å². The number of carbonyl (C=O) groups is 2. The van der Waals surface area contributed by atoms with Crippen LogP contribution < -0.4 is 5.73 Å². The van der Waals surface area contributed by atoms with Crippen molar-refractivity contribution in [3.63, 3.8) is 0 Å². The standard InChI is InChI=1S/C28H25N3O3S2/c1-18-12-13-19(16-30-18)14-15-35-22-17-36-27-23(29)26(32)31(27)24(22)28(33)34-25(20-8-4-2-5-9-20)21-10-6-3-7-11-21/h2-16,23,25,27H,17,29H2,1H3/b15-14-/t23?,27-/m1/s1. The number of rotatable bonds is 7. The summed E-state index contributed by atoms with van der Waals surface area (Å²) in [4.78, 5) is 33.0. The second kappa shape index (κ2) is 10.7. The monoisotopic (exact) mass is 515 g/mol. The van der Waals surface area contributed by atoms with Crippen molar-refractivity contribution in [1.29, 1.82) is 0 Å². The van der Waals surface area contributed by atoms with Gasteiger partial charge >= 0.3 is 5.97 Å². The Morgan fingerprint density at radius 2 is 1.78 bits per heavy atom. The number of hydrogen-bond acceptors (Lipinski definition) is 7. The Labute approximate surface area is 218 Å². The number of thioether (sulfide) groups is 2. The molecule has 8 heteroatoms. The number of nitrogens with two attached hydrogens (primary N) is 1. The van der Waals surface area contributed by atoms with Crippen LogP contribution in [0.2, 0.25) is 0 Å². The molecule has 36 heavy (non-hydrogen) atoms. The Kier molecular flexibility index (Phi) is 7.27. The molecule has 2 N–H and O–H groups in total. The molecule has 0 spiro atoms. The maximum Gasteiger partial charge on any atom is 0.356 e. The number of nitrogens with zero attached hydrogens (tertiary/aromatic N) is 2. The zero-order valence-electron chi connectivity index (χ0n) is 19.6. The van der Waals surface area contributed by atoms with E-state index < -0.39 is 18.1 Å². The molecule has 182 valence electrons. The van der Waals surface area contributed by atoms with Crippen molar-refractivity contribution in [3.8, 4) is 0 Å². The molecule has 2 aliphatic rings. The average molecular weight is 516 g/mol. The number of β-lactam (4-membered cyclic amide) rings is 1. The summed E-state index contributed by atoms with van der Waals surface area (Å²) < 4.78 is 6.12. The number of pyridine rings is 1. The molecule has 0 aliphatic carbocycles. The highest BCUT2D eigenvalue weighted by molar-refractivity contribution is 8.08. The highest BCUT2D eigenvalue weighted by Crippen LogP contribution is 2.44. The Morgan fingerprint density at radius 3 is 2.39 bits per heavy atom. The summed E-state index contributed by atoms with van der Waals surface area (Å²) in [5.74, 6) is -0.235. The van der Waals surface area contributed by atoms with Crippen LogP contribution in [0.1, 0.15) is 28.5 Å². The van der Waals surface area contributed by atoms with Crippen molar-refractivity contribution in [2.24, 2.45) is 5.73 Å². The molecule has 5 rings (SSSR count). The summed E-state index contributed by atoms with van der Waals surface area (Å²) in [6, 6.07) is 22.5. The summed E-state index contributed by atoms with van der Waals surface area (Å²) in [5.41, 5.74) is 9.92. The molecule has 0 radical (unpaired) electrons. The van der Waals surface area contributed by atoms with Crippen molar-refractivity contribution >= 4 is 41.5 Å². The van der Waals surface area contributed by atoms with Gasteiger partial charge in [-0.25, -0.2) is 4.79 Å². The molecule has 1 saturated heterocycles. The lowest BCUT2D eigenvalue weighted by Gasteiger charge is -2.48. The number of fused-ring (bicyclic) bond motifs is 1. The lowest BCUT2D eigenvalue weighted by atomic mass is 10.0. The van der Waals surface area contributed by atoms with Gasteiger partial charge in [0, 0.05) is 22.5 Å². The topological polar surface area (TPSA) is 85.5 Å². The van der Waals surface area contributed by atoms with Gasteiger partial charge in [-0.05, 0) is 41.2 Å². The molecule has 2 atom stereocenters. The van der Waals surface area contributed by atoms with Crippen LogP contribution in [0.3, 0.4) is 0 Å². The van der Waals surface area contributed by atoms with E-state index in [4.69, 9.17) is 10.5 Å². The summed E-state index contributed by atoms with van der Waals surface area (Å²) in [6.45, 7) is 1.94. The maximum absolute atomic E-state index is 13.7. The number of carbonyl (C=O) groups excluding carboxylic acids is 2. The summed E-state index contributed by atoms with van der Waals surface area (Å²) >= 11 is 2.97. The quantitative estimate of drug-likeness (QED) is 0.355. The molecule has 1 amide bonds. The van der Waals surface area contributed by atoms with Crippen molar-refractivity contribution < 1.29 is 14.3 Å². The highest BCUT2D eigenvalue weighted by Gasteiger charge is 2.52. The molecule has 0 bridgehead atoms. The van der Waals surface area contributed by atoms with Crippen LogP contribution in [-0.2, 0) is 14.3 Å². The largest absolute Gasteiger partial charge is 0.448 e. The van der Waals surface area contributed by atoms with E-state index in [1.807, 2.05) is 91.2 Å². The molecular weight excluding hydrogens is 490 g/mol. The van der Waals surface area contributed by atoms with Crippen LogP contribution in [0.15, 0.2) is 95.0 Å². The van der Waals surface area contributed by atoms with Crippen LogP contribution in [0.5, 0.6) is 0 Å². The number of amides is 1. The average Bonchev–Trinajstić information content (AvgIpc) is 2.92. The zero-order chi connectivity index (χ0) is 25.1. The van der Waals surface area contributed by atoms with E-state index in [0.29, 0.717) is 5.75 Å². The first-order chi connectivity index (χ1) is 17.5. The minimum absolute atomic E-state index is 0.262. The third kappa shape index (κ3) is 4.97. The smallest absolute Gasteiger partial charge is 0.356 e. The van der Waals surface area contributed by atoms with E-state index in [1.54, 1.807) is 18.0 Å². The minimum Gasteiger partial charge on any atom is -0.448 e. The van der Waals surface area contributed by atoms with Gasteiger partial charge in [-0.1, -0.05) is 78.5 Å². The molecule has 2 aromatic carbocycles. The number of aromatic nitrogens is 1. The Hall–Kier alpha value is -3.33. The SMILES string of the molecule is Cc1ccc(/C=C\SC2=C(C(=O)OC(c3ccccc3)c3ccccc3)N3C(=O)C(N)[C@H]3SC2)cn1. The van der Waals surface area contributed by atoms with Gasteiger partial charge in [-0.2, -0.15) is 0 Å². The van der Waals surface area contributed by atoms with Gasteiger partial charge in [0.15, 0.2) is 6.10 Å². The van der Waals surface area contributed by atoms with Crippen LogP contribution in [-0.4, -0.2) is 38.9 Å². The predicted molar refractivity (Wildman–Crippen MR) is 145 cm³/mol. The van der Waals surface area contributed by atoms with Crippen molar-refractivity contribution in [2.75, 3.05) is 5.75 Å². The molecular formula is C28H25N3O3S2. The lowest BCUT2D eigenvalue weighted by Crippen LogP contribution is -2.68. The second-order valence-electron chi connectivity index (χ2n) is 8.47. The summed E-state index contributed by atoms with van der Waals surface area (Å²) in [5, 5.41) is 1.65. The molecule has 2 aliphatic heterocycles. The number of aryl methyl sites for hydroxylation is 1. The van der Waals surface area contributed by atoms with Gasteiger partial charge in [0.2, 0.25) is 5.91 Å². The number of ether oxygens (including phenoxy) is 1. The van der Waals surface area contributed by atoms with E-state index in [1.165, 1.54) is 16.7 Å². The fourth-order valence-corrected chi connectivity index (χ4v) is 6.39. The molecule has 1 aromatic heterocycles. The van der Waals surface area contributed by atoms with Crippen LogP contribution >= 0.6 is 23.5 Å². The third-order valence-electron chi connectivity index (χ3n) is 6.00. The summed E-state index contributed by atoms with van der Waals surface area (Å²) in [7, 11) is 0. The van der Waals surface area contributed by atoms with Crippen LogP contribution in [0.4, 0.5) is 0 Å². The maximum atomic E-state index is 13.7. The number of esters is 1. The zero-order valence-corrected chi connectivity index (χ0v) is 21.2. The van der Waals surface area contributed by atoms with Crippen molar-refractivity contribution in [1.82, 2.24) is 9.88 Å². The molecule has 0 saturated carbocycles. The first-order valence-corrected chi connectivity index (χ1v) is 13.5. The van der Waals surface area contributed by atoms with Gasteiger partial charge in [0.05, 0.1) is 0 Å². The Bertz CT molecular complexity index is 1270. The fraction of sp³-hybridized carbons (Fsp3) is 0.179. The Morgan fingerprint density at radius 1 is 1.11 bits per heavy atom. The molecule has 6 nitrogen and oxygen atoms in total. The summed E-state index contributed by atoms with van der Waals surface area (Å²) in [6.07, 6.45) is 3.12. The van der Waals surface area contributed by atoms with Gasteiger partial charge in [-0.3, -0.25) is 14.7 Å². The fourth-order valence-electron chi connectivity index (χ4n) is 4.09. The van der Waals surface area contributed by atoms with Gasteiger partial charge in [-0.15, -0.1) is 11.8 Å². The van der Waals surface area contributed by atoms with Crippen LogP contribution in [0, 0.1) is 6.92 Å². The first-order valence-electron chi connectivity index (χ1n) is 11.5. The second-order valence-corrected chi connectivity index (χ2v) is 10.6. The van der Waals surface area contributed by atoms with E-state index in [0.717, 1.165) is 27.3 Å². The van der Waals surface area contributed by atoms with E-state index in [2.05, 4.69) is 4.98 Å². The lowest BCUT2D eigenvalue weighted by molar-refractivity contribution is -0.152. The number of benzene rings is 2. The van der Waals surface area contributed by atoms with E-state index >= 15 is 0 Å². The van der Waals surface area contributed by atoms with Gasteiger partial charge < -0.3 is 10.5 Å². The molecule has 1 unspecified atom stereocenters. The van der Waals surface area contributed by atoms with Crippen LogP contribution in [0.25, 0.3) is 6.08 Å². The van der Waals surface area contributed by atoms with E-state index in [-0.39, 0.29) is 17.0 Å². The van der Waals surface area contributed by atoms with Gasteiger partial charge in [0.1, 0.15) is 17.1 Å². The molecule has 3 heterocycles. The normalized spacial score (nSPS) is 19.4. The molecule has 3 aromatic rings. The minimum atomic E-state index is -0.613.